The maximum Gasteiger partial charge on any atom is 0.211 e. The minimum Gasteiger partial charge on any atom is -0.387 e. The Balaban J connectivity index is 2.78. The molecule has 1 atom stereocenters. The summed E-state index contributed by atoms with van der Waals surface area (Å²) < 4.78 is 24.6. The molecule has 1 rings (SSSR count). The van der Waals surface area contributed by atoms with E-state index in [0.717, 1.165) is 5.56 Å². The van der Waals surface area contributed by atoms with Gasteiger partial charge in [-0.15, -0.1) is 0 Å². The lowest BCUT2D eigenvalue weighted by atomic mass is 10.1. The van der Waals surface area contributed by atoms with Crippen LogP contribution < -0.4 is 0 Å². The third kappa shape index (κ3) is 4.76. The molecule has 5 heteroatoms. The van der Waals surface area contributed by atoms with Crippen LogP contribution in [0.5, 0.6) is 0 Å². The highest BCUT2D eigenvalue weighted by Crippen LogP contribution is 2.16. The van der Waals surface area contributed by atoms with Crippen LogP contribution in [0.4, 0.5) is 0 Å². The third-order valence-electron chi connectivity index (χ3n) is 2.60. The highest BCUT2D eigenvalue weighted by atomic mass is 32.2. The summed E-state index contributed by atoms with van der Waals surface area (Å²) >= 11 is 0. The molecule has 0 radical (unpaired) electrons. The standard InChI is InChI=1S/C13H21NO3S/c1-11(2)9-14(18(3,16)17)10-13(15)12-7-5-4-6-8-12/h4-8,11,13,15H,9-10H2,1-3H3. The van der Waals surface area contributed by atoms with Crippen LogP contribution in [0.15, 0.2) is 30.3 Å². The lowest BCUT2D eigenvalue weighted by Crippen LogP contribution is -2.36. The lowest BCUT2D eigenvalue weighted by Gasteiger charge is -2.24. The second kappa shape index (κ2) is 6.31. The molecule has 1 N–H and O–H groups in total. The first-order valence-electron chi connectivity index (χ1n) is 5.99. The number of hydrogen-bond donors (Lipinski definition) is 1. The molecule has 0 aliphatic heterocycles. The van der Waals surface area contributed by atoms with Crippen LogP contribution in [0.1, 0.15) is 25.5 Å². The molecule has 1 unspecified atom stereocenters. The van der Waals surface area contributed by atoms with Crippen LogP contribution in [0.3, 0.4) is 0 Å². The van der Waals surface area contributed by atoms with Crippen molar-refractivity contribution in [3.05, 3.63) is 35.9 Å². The van der Waals surface area contributed by atoms with Gasteiger partial charge in [-0.1, -0.05) is 44.2 Å². The Kier molecular flexibility index (Phi) is 5.31. The van der Waals surface area contributed by atoms with Crippen LogP contribution in [0, 0.1) is 5.92 Å². The molecule has 0 aromatic heterocycles. The van der Waals surface area contributed by atoms with E-state index in [2.05, 4.69) is 0 Å². The fraction of sp³-hybridized carbons (Fsp3) is 0.538. The van der Waals surface area contributed by atoms with Crippen LogP contribution in [0.25, 0.3) is 0 Å². The molecule has 0 amide bonds. The van der Waals surface area contributed by atoms with Gasteiger partial charge >= 0.3 is 0 Å². The summed E-state index contributed by atoms with van der Waals surface area (Å²) in [5, 5.41) is 10.1. The second-order valence-corrected chi connectivity index (χ2v) is 6.88. The van der Waals surface area contributed by atoms with E-state index in [1.54, 1.807) is 12.1 Å². The fourth-order valence-electron chi connectivity index (χ4n) is 1.73. The molecular formula is C13H21NO3S. The average Bonchev–Trinajstić information content (AvgIpc) is 2.27. The maximum atomic E-state index is 11.6. The molecule has 0 spiro atoms. The smallest absolute Gasteiger partial charge is 0.211 e. The predicted octanol–water partition coefficient (Wildman–Crippen LogP) is 1.64. The zero-order chi connectivity index (χ0) is 13.8. The van der Waals surface area contributed by atoms with Crippen molar-refractivity contribution in [3.8, 4) is 0 Å². The van der Waals surface area contributed by atoms with Crippen LogP contribution in [-0.2, 0) is 10.0 Å². The average molecular weight is 271 g/mol. The number of nitrogens with zero attached hydrogens (tertiary/aromatic N) is 1. The molecular weight excluding hydrogens is 250 g/mol. The summed E-state index contributed by atoms with van der Waals surface area (Å²) in [6, 6.07) is 9.09. The zero-order valence-corrected chi connectivity index (χ0v) is 11.9. The number of sulfonamides is 1. The Morgan fingerprint density at radius 2 is 1.72 bits per heavy atom. The topological polar surface area (TPSA) is 57.6 Å². The molecule has 1 aromatic carbocycles. The van der Waals surface area contributed by atoms with Crippen molar-refractivity contribution in [1.29, 1.82) is 0 Å². The highest BCUT2D eigenvalue weighted by molar-refractivity contribution is 7.88. The molecule has 0 saturated carbocycles. The summed E-state index contributed by atoms with van der Waals surface area (Å²) in [6.45, 7) is 4.42. The minimum atomic E-state index is -3.29. The number of rotatable bonds is 6. The molecule has 0 bridgehead atoms. The van der Waals surface area contributed by atoms with Gasteiger partial charge in [0, 0.05) is 13.1 Å². The Bertz CT molecular complexity index is 456. The second-order valence-electron chi connectivity index (χ2n) is 4.90. The van der Waals surface area contributed by atoms with Gasteiger partial charge in [0.1, 0.15) is 0 Å². The van der Waals surface area contributed by atoms with Crippen LogP contribution in [0.2, 0.25) is 0 Å². The Morgan fingerprint density at radius 1 is 1.17 bits per heavy atom. The van der Waals surface area contributed by atoms with Crippen LogP contribution >= 0.6 is 0 Å². The third-order valence-corrected chi connectivity index (χ3v) is 3.83. The van der Waals surface area contributed by atoms with Gasteiger partial charge in [0.05, 0.1) is 12.4 Å². The summed E-state index contributed by atoms with van der Waals surface area (Å²) in [6.07, 6.45) is 0.382. The van der Waals surface area contributed by atoms with E-state index < -0.39 is 16.1 Å². The van der Waals surface area contributed by atoms with E-state index >= 15 is 0 Å². The molecule has 0 heterocycles. The molecule has 1 aromatic rings. The van der Waals surface area contributed by atoms with Crippen molar-refractivity contribution in [2.45, 2.75) is 20.0 Å². The van der Waals surface area contributed by atoms with Crippen LogP contribution in [-0.4, -0.2) is 37.2 Å². The van der Waals surface area contributed by atoms with Crippen molar-refractivity contribution in [3.63, 3.8) is 0 Å². The highest BCUT2D eigenvalue weighted by Gasteiger charge is 2.21. The van der Waals surface area contributed by atoms with Gasteiger partial charge in [-0.25, -0.2) is 8.42 Å². The van der Waals surface area contributed by atoms with Gasteiger partial charge in [0.15, 0.2) is 0 Å². The predicted molar refractivity (Wildman–Crippen MR) is 72.7 cm³/mol. The van der Waals surface area contributed by atoms with E-state index in [9.17, 15) is 13.5 Å². The van der Waals surface area contributed by atoms with Crippen molar-refractivity contribution in [2.75, 3.05) is 19.3 Å². The SMILES string of the molecule is CC(C)CN(CC(O)c1ccccc1)S(C)(=O)=O. The Labute approximate surface area is 109 Å². The van der Waals surface area contributed by atoms with E-state index in [1.165, 1.54) is 10.6 Å². The Hall–Kier alpha value is -0.910. The molecule has 0 aliphatic carbocycles. The quantitative estimate of drug-likeness (QED) is 0.855. The molecule has 102 valence electrons. The Morgan fingerprint density at radius 3 is 2.17 bits per heavy atom. The molecule has 0 aliphatic rings. The first-order chi connectivity index (χ1) is 8.30. The molecule has 0 saturated heterocycles. The van der Waals surface area contributed by atoms with E-state index in [4.69, 9.17) is 0 Å². The van der Waals surface area contributed by atoms with E-state index in [1.807, 2.05) is 32.0 Å². The summed E-state index contributed by atoms with van der Waals surface area (Å²) in [5.41, 5.74) is 0.731. The molecule has 4 nitrogen and oxygen atoms in total. The molecule has 0 fully saturated rings. The monoisotopic (exact) mass is 271 g/mol. The minimum absolute atomic E-state index is 0.0982. The summed E-state index contributed by atoms with van der Waals surface area (Å²) in [7, 11) is -3.29. The van der Waals surface area contributed by atoms with Gasteiger partial charge in [0.2, 0.25) is 10.0 Å². The lowest BCUT2D eigenvalue weighted by molar-refractivity contribution is 0.144. The number of hydrogen-bond acceptors (Lipinski definition) is 3. The van der Waals surface area contributed by atoms with Crippen molar-refractivity contribution >= 4 is 10.0 Å². The van der Waals surface area contributed by atoms with Gasteiger partial charge in [0.25, 0.3) is 0 Å². The van der Waals surface area contributed by atoms with E-state index in [-0.39, 0.29) is 12.5 Å². The van der Waals surface area contributed by atoms with Gasteiger partial charge in [-0.2, -0.15) is 4.31 Å². The first kappa shape index (κ1) is 15.1. The van der Waals surface area contributed by atoms with Gasteiger partial charge < -0.3 is 5.11 Å². The number of aliphatic hydroxyl groups excluding tert-OH is 1. The largest absolute Gasteiger partial charge is 0.387 e. The fourth-order valence-corrected chi connectivity index (χ4v) is 2.71. The van der Waals surface area contributed by atoms with Crippen molar-refractivity contribution < 1.29 is 13.5 Å². The summed E-state index contributed by atoms with van der Waals surface area (Å²) in [4.78, 5) is 0. The summed E-state index contributed by atoms with van der Waals surface area (Å²) in [5.74, 6) is 0.225. The first-order valence-corrected chi connectivity index (χ1v) is 7.83. The molecule has 18 heavy (non-hydrogen) atoms. The van der Waals surface area contributed by atoms with Crippen molar-refractivity contribution in [2.24, 2.45) is 5.92 Å². The number of aliphatic hydroxyl groups is 1. The van der Waals surface area contributed by atoms with Gasteiger partial charge in [-0.3, -0.25) is 0 Å². The maximum absolute atomic E-state index is 11.6. The normalized spacial score (nSPS) is 14.1. The van der Waals surface area contributed by atoms with E-state index in [0.29, 0.717) is 6.54 Å². The number of benzene rings is 1. The van der Waals surface area contributed by atoms with Gasteiger partial charge in [-0.05, 0) is 11.5 Å². The zero-order valence-electron chi connectivity index (χ0n) is 11.1. The van der Waals surface area contributed by atoms with Crippen molar-refractivity contribution in [1.82, 2.24) is 4.31 Å².